The van der Waals surface area contributed by atoms with E-state index in [0.29, 0.717) is 23.5 Å². The van der Waals surface area contributed by atoms with Gasteiger partial charge in [0.25, 0.3) is 5.56 Å². The van der Waals surface area contributed by atoms with Gasteiger partial charge in [-0.15, -0.1) is 0 Å². The molecule has 0 fully saturated rings. The lowest BCUT2D eigenvalue weighted by molar-refractivity contribution is 0.192. The molecule has 0 saturated heterocycles. The van der Waals surface area contributed by atoms with Crippen molar-refractivity contribution >= 4 is 11.8 Å². The number of nitrogens with one attached hydrogen (secondary N) is 2. The van der Waals surface area contributed by atoms with E-state index in [9.17, 15) is 9.90 Å². The Balaban J connectivity index is 2.50. The number of rotatable bonds is 8. The molecule has 19 heavy (non-hydrogen) atoms. The zero-order valence-corrected chi connectivity index (χ0v) is 12.6. The van der Waals surface area contributed by atoms with Gasteiger partial charge in [-0.3, -0.25) is 4.79 Å². The molecule has 0 radical (unpaired) electrons. The van der Waals surface area contributed by atoms with Gasteiger partial charge in [-0.1, -0.05) is 39.0 Å². The molecule has 0 bridgehead atoms. The predicted octanol–water partition coefficient (Wildman–Crippen LogP) is 1.17. The lowest BCUT2D eigenvalue weighted by Crippen LogP contribution is -2.33. The molecule has 1 atom stereocenters. The summed E-state index contributed by atoms with van der Waals surface area (Å²) in [6, 6.07) is 1.88. The fourth-order valence-electron chi connectivity index (χ4n) is 1.54. The van der Waals surface area contributed by atoms with Crippen LogP contribution in [0.3, 0.4) is 0 Å². The highest BCUT2D eigenvalue weighted by Crippen LogP contribution is 2.13. The first-order valence-electron chi connectivity index (χ1n) is 6.65. The van der Waals surface area contributed by atoms with Crippen molar-refractivity contribution in [1.29, 1.82) is 0 Å². The molecular weight excluding hydrogens is 262 g/mol. The molecule has 6 heteroatoms. The first kappa shape index (κ1) is 16.2. The van der Waals surface area contributed by atoms with E-state index >= 15 is 0 Å². The van der Waals surface area contributed by atoms with E-state index in [1.54, 1.807) is 0 Å². The summed E-state index contributed by atoms with van der Waals surface area (Å²) in [5.41, 5.74) is 0.680. The molecule has 0 aromatic carbocycles. The van der Waals surface area contributed by atoms with Crippen molar-refractivity contribution in [3.8, 4) is 0 Å². The molecule has 1 unspecified atom stereocenters. The van der Waals surface area contributed by atoms with E-state index < -0.39 is 6.10 Å². The number of hydrogen-bond donors (Lipinski definition) is 3. The maximum absolute atomic E-state index is 11.5. The molecule has 0 aliphatic carbocycles. The zero-order valence-electron chi connectivity index (χ0n) is 11.8. The molecule has 1 rings (SSSR count). The summed E-state index contributed by atoms with van der Waals surface area (Å²) in [6.45, 7) is 6.67. The Morgan fingerprint density at radius 2 is 2.26 bits per heavy atom. The number of thioether (sulfide) groups is 1. The molecule has 1 heterocycles. The summed E-state index contributed by atoms with van der Waals surface area (Å²) in [5.74, 6) is 0.512. The summed E-state index contributed by atoms with van der Waals surface area (Å²) in [4.78, 5) is 18.5. The molecule has 0 saturated carbocycles. The van der Waals surface area contributed by atoms with Crippen molar-refractivity contribution in [2.45, 2.75) is 50.9 Å². The summed E-state index contributed by atoms with van der Waals surface area (Å²) >= 11 is 1.38. The van der Waals surface area contributed by atoms with Crippen LogP contribution >= 0.6 is 11.8 Å². The van der Waals surface area contributed by atoms with Crippen LogP contribution in [0.15, 0.2) is 16.0 Å². The fourth-order valence-corrected chi connectivity index (χ4v) is 2.36. The third kappa shape index (κ3) is 6.75. The molecule has 108 valence electrons. The summed E-state index contributed by atoms with van der Waals surface area (Å²) in [6.07, 6.45) is 1.31. The topological polar surface area (TPSA) is 78.0 Å². The van der Waals surface area contributed by atoms with E-state index in [2.05, 4.69) is 22.2 Å². The van der Waals surface area contributed by atoms with Crippen LogP contribution in [0.1, 0.15) is 32.9 Å². The van der Waals surface area contributed by atoms with Crippen molar-refractivity contribution < 1.29 is 5.11 Å². The van der Waals surface area contributed by atoms with Gasteiger partial charge in [-0.05, 0) is 6.42 Å². The number of aliphatic hydroxyl groups is 1. The second-order valence-corrected chi connectivity index (χ2v) is 5.83. The predicted molar refractivity (Wildman–Crippen MR) is 78.7 cm³/mol. The van der Waals surface area contributed by atoms with Gasteiger partial charge in [0.05, 0.1) is 6.10 Å². The normalized spacial score (nSPS) is 12.9. The number of hydrogen-bond acceptors (Lipinski definition) is 5. The van der Waals surface area contributed by atoms with Crippen molar-refractivity contribution in [2.75, 3.05) is 12.3 Å². The van der Waals surface area contributed by atoms with E-state index in [0.717, 1.165) is 18.5 Å². The standard InChI is InChI=1S/C13H23N3O2S/c1-4-5-10-6-12(18)16-13(15-10)19-8-11(17)7-14-9(2)3/h6,9,11,14,17H,4-5,7-8H2,1-3H3,(H,15,16,18). The van der Waals surface area contributed by atoms with Crippen LogP contribution in [0.5, 0.6) is 0 Å². The highest BCUT2D eigenvalue weighted by Gasteiger charge is 2.08. The average molecular weight is 285 g/mol. The summed E-state index contributed by atoms with van der Waals surface area (Å²) in [7, 11) is 0. The van der Waals surface area contributed by atoms with Crippen LogP contribution in [0.2, 0.25) is 0 Å². The van der Waals surface area contributed by atoms with Gasteiger partial charge in [0, 0.05) is 30.1 Å². The Hall–Kier alpha value is -0.850. The fraction of sp³-hybridized carbons (Fsp3) is 0.692. The molecule has 1 aromatic rings. The molecule has 0 aliphatic rings. The number of aryl methyl sites for hydroxylation is 1. The zero-order chi connectivity index (χ0) is 14.3. The van der Waals surface area contributed by atoms with Crippen molar-refractivity contribution in [1.82, 2.24) is 15.3 Å². The third-order valence-electron chi connectivity index (χ3n) is 2.45. The first-order chi connectivity index (χ1) is 9.01. The van der Waals surface area contributed by atoms with E-state index in [-0.39, 0.29) is 5.56 Å². The van der Waals surface area contributed by atoms with Gasteiger partial charge in [0.15, 0.2) is 5.16 Å². The lowest BCUT2D eigenvalue weighted by atomic mass is 10.2. The minimum absolute atomic E-state index is 0.129. The molecular formula is C13H23N3O2S. The quantitative estimate of drug-likeness (QED) is 0.494. The largest absolute Gasteiger partial charge is 0.391 e. The van der Waals surface area contributed by atoms with Crippen molar-refractivity contribution in [2.24, 2.45) is 0 Å². The van der Waals surface area contributed by atoms with E-state index in [1.165, 1.54) is 17.8 Å². The Labute approximate surface area is 118 Å². The van der Waals surface area contributed by atoms with Gasteiger partial charge in [0.1, 0.15) is 0 Å². The Kier molecular flexibility index (Phi) is 7.12. The van der Waals surface area contributed by atoms with Gasteiger partial charge in [-0.25, -0.2) is 4.98 Å². The maximum Gasteiger partial charge on any atom is 0.251 e. The second-order valence-electron chi connectivity index (χ2n) is 4.82. The van der Waals surface area contributed by atoms with Crippen LogP contribution < -0.4 is 10.9 Å². The molecule has 0 spiro atoms. The molecule has 3 N–H and O–H groups in total. The molecule has 0 amide bonds. The van der Waals surface area contributed by atoms with Crippen molar-refractivity contribution in [3.63, 3.8) is 0 Å². The third-order valence-corrected chi connectivity index (χ3v) is 3.47. The summed E-state index contributed by atoms with van der Waals surface area (Å²) < 4.78 is 0. The van der Waals surface area contributed by atoms with Crippen LogP contribution in [0.25, 0.3) is 0 Å². The molecule has 0 aliphatic heterocycles. The Morgan fingerprint density at radius 1 is 1.53 bits per heavy atom. The SMILES string of the molecule is CCCc1cc(=O)[nH]c(SCC(O)CNC(C)C)n1. The number of H-pyrrole nitrogens is 1. The lowest BCUT2D eigenvalue weighted by Gasteiger charge is -2.13. The number of nitrogens with zero attached hydrogens (tertiary/aromatic N) is 1. The molecule has 1 aromatic heterocycles. The monoisotopic (exact) mass is 285 g/mol. The smallest absolute Gasteiger partial charge is 0.251 e. The minimum atomic E-state index is -0.451. The maximum atomic E-state index is 11.5. The average Bonchev–Trinajstić information content (AvgIpc) is 2.33. The van der Waals surface area contributed by atoms with Crippen LogP contribution in [0, 0.1) is 0 Å². The van der Waals surface area contributed by atoms with Gasteiger partial charge >= 0.3 is 0 Å². The number of aromatic amines is 1. The Morgan fingerprint density at radius 3 is 2.89 bits per heavy atom. The van der Waals surface area contributed by atoms with Crippen LogP contribution in [-0.2, 0) is 6.42 Å². The highest BCUT2D eigenvalue weighted by molar-refractivity contribution is 7.99. The second kappa shape index (κ2) is 8.35. The Bertz CT molecular complexity index is 434. The molecule has 5 nitrogen and oxygen atoms in total. The van der Waals surface area contributed by atoms with Crippen LogP contribution in [0.4, 0.5) is 0 Å². The minimum Gasteiger partial charge on any atom is -0.391 e. The van der Waals surface area contributed by atoms with Crippen LogP contribution in [-0.4, -0.2) is 39.5 Å². The first-order valence-corrected chi connectivity index (χ1v) is 7.64. The number of aliphatic hydroxyl groups excluding tert-OH is 1. The van der Waals surface area contributed by atoms with E-state index in [4.69, 9.17) is 0 Å². The van der Waals surface area contributed by atoms with E-state index in [1.807, 2.05) is 13.8 Å². The van der Waals surface area contributed by atoms with Gasteiger partial charge in [0.2, 0.25) is 0 Å². The number of aromatic nitrogens is 2. The van der Waals surface area contributed by atoms with Crippen molar-refractivity contribution in [3.05, 3.63) is 22.1 Å². The highest BCUT2D eigenvalue weighted by atomic mass is 32.2. The summed E-state index contributed by atoms with van der Waals surface area (Å²) in [5, 5.41) is 13.6. The van der Waals surface area contributed by atoms with Gasteiger partial charge in [-0.2, -0.15) is 0 Å². The van der Waals surface area contributed by atoms with Gasteiger partial charge < -0.3 is 15.4 Å².